The number of nitrogens with one attached hydrogen (secondary N) is 1. The highest BCUT2D eigenvalue weighted by atomic mass is 16.6. The topological polar surface area (TPSA) is 90.4 Å². The van der Waals surface area contributed by atoms with Crippen molar-refractivity contribution in [1.29, 1.82) is 0 Å². The molecule has 1 N–H and O–H groups in total. The zero-order chi connectivity index (χ0) is 17.3. The number of nitrogens with zero attached hydrogens (tertiary/aromatic N) is 1. The Balaban J connectivity index is 0.00000211. The third kappa shape index (κ3) is 6.26. The Hall–Kier alpha value is -1.89. The monoisotopic (exact) mass is 314 g/mol. The molecule has 2 atom stereocenters. The smallest absolute Gasteiger partial charge is 0.330 e. The molecule has 7 nitrogen and oxygen atoms in total. The lowest BCUT2D eigenvalue weighted by Crippen LogP contribution is -2.35. The summed E-state index contributed by atoms with van der Waals surface area (Å²) in [5.41, 5.74) is -0.500. The maximum atomic E-state index is 11.8. The third-order valence-corrected chi connectivity index (χ3v) is 2.72. The molecule has 0 radical (unpaired) electrons. The second-order valence-corrected chi connectivity index (χ2v) is 4.59. The molecule has 1 rings (SSSR count). The Morgan fingerprint density at radius 3 is 2.45 bits per heavy atom. The van der Waals surface area contributed by atoms with Crippen molar-refractivity contribution in [3.63, 3.8) is 0 Å². The van der Waals surface area contributed by atoms with E-state index in [1.807, 2.05) is 20.8 Å². The van der Waals surface area contributed by atoms with Gasteiger partial charge in [0.05, 0.1) is 6.10 Å². The summed E-state index contributed by atoms with van der Waals surface area (Å²) in [5, 5.41) is 0. The quantitative estimate of drug-likeness (QED) is 0.808. The summed E-state index contributed by atoms with van der Waals surface area (Å²) in [4.78, 5) is 36.1. The Morgan fingerprint density at radius 2 is 1.95 bits per heavy atom. The second-order valence-electron chi connectivity index (χ2n) is 4.59. The fourth-order valence-electron chi connectivity index (χ4n) is 1.70. The molecule has 7 heteroatoms. The van der Waals surface area contributed by atoms with Gasteiger partial charge < -0.3 is 9.47 Å². The molecular formula is C15H26N2O5. The fraction of sp³-hybridized carbons (Fsp3) is 0.667. The van der Waals surface area contributed by atoms with E-state index in [-0.39, 0.29) is 18.7 Å². The predicted octanol–water partition coefficient (Wildman–Crippen LogP) is 1.75. The lowest BCUT2D eigenvalue weighted by atomic mass is 10.3. The van der Waals surface area contributed by atoms with E-state index in [2.05, 4.69) is 4.98 Å². The normalized spacial score (nSPS) is 12.8. The lowest BCUT2D eigenvalue weighted by Gasteiger charge is -2.23. The number of aromatic nitrogens is 2. The highest BCUT2D eigenvalue weighted by Crippen LogP contribution is 2.13. The van der Waals surface area contributed by atoms with Gasteiger partial charge in [-0.05, 0) is 20.3 Å². The van der Waals surface area contributed by atoms with Crippen LogP contribution in [-0.4, -0.2) is 28.2 Å². The van der Waals surface area contributed by atoms with Crippen molar-refractivity contribution in [3.05, 3.63) is 32.6 Å². The number of ether oxygens (including phenoxy) is 2. The van der Waals surface area contributed by atoms with Gasteiger partial charge in [0, 0.05) is 18.7 Å². The number of aromatic amines is 1. The number of carbonyl (C=O) groups is 1. The number of rotatable bonds is 6. The van der Waals surface area contributed by atoms with Crippen molar-refractivity contribution >= 4 is 5.97 Å². The van der Waals surface area contributed by atoms with E-state index in [9.17, 15) is 14.4 Å². The minimum absolute atomic E-state index is 0.114. The highest BCUT2D eigenvalue weighted by Gasteiger charge is 2.16. The average Bonchev–Trinajstić information content (AvgIpc) is 2.48. The number of H-pyrrole nitrogens is 1. The van der Waals surface area contributed by atoms with Crippen molar-refractivity contribution < 1.29 is 14.3 Å². The second kappa shape index (κ2) is 9.94. The van der Waals surface area contributed by atoms with Gasteiger partial charge in [-0.2, -0.15) is 0 Å². The van der Waals surface area contributed by atoms with Gasteiger partial charge in [-0.1, -0.05) is 20.8 Å². The summed E-state index contributed by atoms with van der Waals surface area (Å²) >= 11 is 0. The van der Waals surface area contributed by atoms with Gasteiger partial charge >= 0.3 is 11.7 Å². The first-order valence-corrected chi connectivity index (χ1v) is 7.46. The van der Waals surface area contributed by atoms with E-state index in [0.717, 1.165) is 0 Å². The molecular weight excluding hydrogens is 288 g/mol. The Morgan fingerprint density at radius 1 is 1.36 bits per heavy atom. The molecule has 0 aliphatic heterocycles. The van der Waals surface area contributed by atoms with Gasteiger partial charge in [0.1, 0.15) is 12.8 Å². The number of hydrogen-bond donors (Lipinski definition) is 1. The van der Waals surface area contributed by atoms with Crippen LogP contribution >= 0.6 is 0 Å². The molecule has 22 heavy (non-hydrogen) atoms. The molecule has 1 aromatic heterocycles. The summed E-state index contributed by atoms with van der Waals surface area (Å²) < 4.78 is 11.9. The summed E-state index contributed by atoms with van der Waals surface area (Å²) in [6.07, 6.45) is 1.12. The van der Waals surface area contributed by atoms with Gasteiger partial charge in [0.25, 0.3) is 5.56 Å². The molecule has 0 aromatic carbocycles. The van der Waals surface area contributed by atoms with Crippen molar-refractivity contribution in [2.45, 2.75) is 60.3 Å². The number of hydrogen-bond acceptors (Lipinski definition) is 5. The van der Waals surface area contributed by atoms with Crippen LogP contribution in [0, 0.1) is 6.92 Å². The van der Waals surface area contributed by atoms with Crippen LogP contribution in [0.1, 0.15) is 52.8 Å². The van der Waals surface area contributed by atoms with E-state index in [0.29, 0.717) is 12.0 Å². The fourth-order valence-corrected chi connectivity index (χ4v) is 1.70. The minimum Gasteiger partial charge on any atom is -0.463 e. The Bertz CT molecular complexity index is 576. The van der Waals surface area contributed by atoms with Gasteiger partial charge in [-0.3, -0.25) is 19.1 Å². The van der Waals surface area contributed by atoms with E-state index >= 15 is 0 Å². The van der Waals surface area contributed by atoms with E-state index < -0.39 is 17.5 Å². The molecule has 126 valence electrons. The van der Waals surface area contributed by atoms with Crippen LogP contribution in [0.4, 0.5) is 0 Å². The molecule has 0 amide bonds. The summed E-state index contributed by atoms with van der Waals surface area (Å²) in [5.74, 6) is -0.384. The largest absolute Gasteiger partial charge is 0.463 e. The lowest BCUT2D eigenvalue weighted by molar-refractivity contribution is -0.148. The molecule has 0 fully saturated rings. The van der Waals surface area contributed by atoms with Crippen LogP contribution in [0.3, 0.4) is 0 Å². The van der Waals surface area contributed by atoms with Gasteiger partial charge in [0.15, 0.2) is 0 Å². The SMILES string of the molecule is CC.CCC(OC(C)COC(C)=O)n1cc(C)c(=O)[nH]c1=O. The van der Waals surface area contributed by atoms with Crippen LogP contribution in [0.2, 0.25) is 0 Å². The number of aryl methyl sites for hydroxylation is 1. The predicted molar refractivity (Wildman–Crippen MR) is 83.9 cm³/mol. The van der Waals surface area contributed by atoms with Crippen molar-refractivity contribution in [2.75, 3.05) is 6.61 Å². The maximum absolute atomic E-state index is 11.8. The van der Waals surface area contributed by atoms with E-state index in [1.165, 1.54) is 17.7 Å². The molecule has 0 saturated heterocycles. The first-order valence-electron chi connectivity index (χ1n) is 7.46. The standard InChI is InChI=1S/C13H20N2O5.C2H6/c1-5-11(20-9(3)7-19-10(4)16)15-6-8(2)12(17)14-13(15)18;1-2/h6,9,11H,5,7H2,1-4H3,(H,14,17,18);1-2H3. The molecule has 0 bridgehead atoms. The van der Waals surface area contributed by atoms with Crippen LogP contribution in [0.25, 0.3) is 0 Å². The average molecular weight is 314 g/mol. The van der Waals surface area contributed by atoms with Crippen LogP contribution in [0.5, 0.6) is 0 Å². The molecule has 0 saturated carbocycles. The van der Waals surface area contributed by atoms with Crippen LogP contribution in [0.15, 0.2) is 15.8 Å². The Kier molecular flexibility index (Phi) is 9.09. The molecule has 1 aromatic rings. The van der Waals surface area contributed by atoms with Crippen molar-refractivity contribution in [3.8, 4) is 0 Å². The molecule has 0 spiro atoms. The van der Waals surface area contributed by atoms with E-state index in [1.54, 1.807) is 13.8 Å². The Labute approximate surface area is 130 Å². The minimum atomic E-state index is -0.524. The number of carbonyl (C=O) groups excluding carboxylic acids is 1. The number of esters is 1. The molecule has 2 unspecified atom stereocenters. The first kappa shape index (κ1) is 20.1. The summed E-state index contributed by atoms with van der Waals surface area (Å²) in [6, 6.07) is 0. The summed E-state index contributed by atoms with van der Waals surface area (Å²) in [6.45, 7) is 10.7. The molecule has 1 heterocycles. The van der Waals surface area contributed by atoms with Crippen LogP contribution < -0.4 is 11.2 Å². The zero-order valence-electron chi connectivity index (χ0n) is 14.1. The highest BCUT2D eigenvalue weighted by molar-refractivity contribution is 5.65. The first-order chi connectivity index (χ1) is 10.3. The maximum Gasteiger partial charge on any atom is 0.330 e. The molecule has 0 aliphatic carbocycles. The van der Waals surface area contributed by atoms with Gasteiger partial charge in [0.2, 0.25) is 0 Å². The zero-order valence-corrected chi connectivity index (χ0v) is 14.1. The van der Waals surface area contributed by atoms with Gasteiger partial charge in [-0.15, -0.1) is 0 Å². The van der Waals surface area contributed by atoms with Crippen molar-refractivity contribution in [1.82, 2.24) is 9.55 Å². The summed E-state index contributed by atoms with van der Waals surface area (Å²) in [7, 11) is 0. The molecule has 0 aliphatic rings. The van der Waals surface area contributed by atoms with Crippen LogP contribution in [-0.2, 0) is 14.3 Å². The van der Waals surface area contributed by atoms with E-state index in [4.69, 9.17) is 9.47 Å². The van der Waals surface area contributed by atoms with Gasteiger partial charge in [-0.25, -0.2) is 4.79 Å². The van der Waals surface area contributed by atoms with Crippen molar-refractivity contribution in [2.24, 2.45) is 0 Å². The third-order valence-electron chi connectivity index (χ3n) is 2.72.